The van der Waals surface area contributed by atoms with Gasteiger partial charge in [-0.2, -0.15) is 0 Å². The molecular formula is C17H22ClN3O. The topological polar surface area (TPSA) is 49.6 Å². The van der Waals surface area contributed by atoms with Gasteiger partial charge in [0.2, 0.25) is 0 Å². The molecule has 2 N–H and O–H groups in total. The van der Waals surface area contributed by atoms with Gasteiger partial charge in [0.05, 0.1) is 12.3 Å². The molecular weight excluding hydrogens is 298 g/mol. The zero-order valence-corrected chi connectivity index (χ0v) is 13.7. The molecule has 2 rings (SSSR count). The van der Waals surface area contributed by atoms with Gasteiger partial charge in [-0.25, -0.2) is 0 Å². The zero-order valence-electron chi connectivity index (χ0n) is 13.0. The number of nitrogens with zero attached hydrogens (tertiary/aromatic N) is 1. The Morgan fingerprint density at radius 2 is 2.09 bits per heavy atom. The maximum atomic E-state index is 6.24. The second-order valence-electron chi connectivity index (χ2n) is 4.98. The average molecular weight is 320 g/mol. The van der Waals surface area contributed by atoms with Gasteiger partial charge in [0, 0.05) is 24.5 Å². The number of nitrogens with one attached hydrogen (secondary N) is 2. The minimum atomic E-state index is 0.0788. The van der Waals surface area contributed by atoms with E-state index in [4.69, 9.17) is 16.0 Å². The van der Waals surface area contributed by atoms with Crippen LogP contribution >= 0.6 is 11.6 Å². The van der Waals surface area contributed by atoms with Crippen molar-refractivity contribution in [3.63, 3.8) is 0 Å². The molecule has 5 heteroatoms. The highest BCUT2D eigenvalue weighted by Gasteiger charge is 2.10. The van der Waals surface area contributed by atoms with Gasteiger partial charge in [0.15, 0.2) is 5.96 Å². The summed E-state index contributed by atoms with van der Waals surface area (Å²) >= 11 is 6.24. The molecule has 0 aliphatic rings. The highest BCUT2D eigenvalue weighted by atomic mass is 35.5. The number of hydrogen-bond donors (Lipinski definition) is 2. The molecule has 1 aromatic carbocycles. The lowest BCUT2D eigenvalue weighted by Gasteiger charge is -2.19. The van der Waals surface area contributed by atoms with Crippen molar-refractivity contribution in [2.45, 2.75) is 26.3 Å². The smallest absolute Gasteiger partial charge is 0.191 e. The van der Waals surface area contributed by atoms with E-state index in [1.54, 1.807) is 6.26 Å². The Labute approximate surface area is 136 Å². The molecule has 0 aliphatic heterocycles. The van der Waals surface area contributed by atoms with E-state index in [0.29, 0.717) is 6.54 Å². The Hall–Kier alpha value is -1.94. The van der Waals surface area contributed by atoms with E-state index >= 15 is 0 Å². The highest BCUT2D eigenvalue weighted by Crippen LogP contribution is 2.21. The van der Waals surface area contributed by atoms with Crippen molar-refractivity contribution >= 4 is 17.6 Å². The zero-order chi connectivity index (χ0) is 15.8. The van der Waals surface area contributed by atoms with E-state index in [1.807, 2.05) is 43.3 Å². The van der Waals surface area contributed by atoms with Crippen LogP contribution in [-0.4, -0.2) is 19.0 Å². The summed E-state index contributed by atoms with van der Waals surface area (Å²) in [6.07, 6.45) is 2.46. The average Bonchev–Trinajstić information content (AvgIpc) is 3.01. The molecule has 0 saturated carbocycles. The van der Waals surface area contributed by atoms with E-state index in [1.165, 1.54) is 0 Å². The van der Waals surface area contributed by atoms with Gasteiger partial charge < -0.3 is 15.1 Å². The molecule has 0 bridgehead atoms. The highest BCUT2D eigenvalue weighted by molar-refractivity contribution is 6.31. The van der Waals surface area contributed by atoms with E-state index in [-0.39, 0.29) is 6.04 Å². The van der Waals surface area contributed by atoms with Crippen molar-refractivity contribution in [1.29, 1.82) is 0 Å². The Morgan fingerprint density at radius 1 is 1.27 bits per heavy atom. The van der Waals surface area contributed by atoms with Crippen LogP contribution in [0.2, 0.25) is 5.02 Å². The van der Waals surface area contributed by atoms with Crippen LogP contribution in [0.25, 0.3) is 0 Å². The second-order valence-corrected chi connectivity index (χ2v) is 5.38. The van der Waals surface area contributed by atoms with Gasteiger partial charge >= 0.3 is 0 Å². The number of furan rings is 1. The Morgan fingerprint density at radius 3 is 2.77 bits per heavy atom. The third-order valence-corrected chi connectivity index (χ3v) is 3.62. The minimum Gasteiger partial charge on any atom is -0.469 e. The van der Waals surface area contributed by atoms with Crippen LogP contribution in [0.3, 0.4) is 0 Å². The fraction of sp³-hybridized carbons (Fsp3) is 0.353. The molecule has 0 spiro atoms. The Kier molecular flexibility index (Phi) is 6.34. The molecule has 0 aliphatic carbocycles. The largest absolute Gasteiger partial charge is 0.469 e. The molecule has 0 amide bonds. The summed E-state index contributed by atoms with van der Waals surface area (Å²) in [7, 11) is 0. The quantitative estimate of drug-likeness (QED) is 0.629. The van der Waals surface area contributed by atoms with Crippen molar-refractivity contribution in [2.75, 3.05) is 13.1 Å². The maximum Gasteiger partial charge on any atom is 0.191 e. The lowest BCUT2D eigenvalue weighted by atomic mass is 10.1. The SMILES string of the molecule is CCNC(=NCCc1ccco1)NC(C)c1ccccc1Cl. The Bertz CT molecular complexity index is 596. The van der Waals surface area contributed by atoms with Gasteiger partial charge in [-0.3, -0.25) is 4.99 Å². The molecule has 118 valence electrons. The Balaban J connectivity index is 1.96. The van der Waals surface area contributed by atoms with Crippen LogP contribution < -0.4 is 10.6 Å². The summed E-state index contributed by atoms with van der Waals surface area (Å²) in [5.41, 5.74) is 1.06. The summed E-state index contributed by atoms with van der Waals surface area (Å²) < 4.78 is 5.31. The van der Waals surface area contributed by atoms with Crippen LogP contribution in [0.1, 0.15) is 31.2 Å². The lowest BCUT2D eigenvalue weighted by Crippen LogP contribution is -2.39. The van der Waals surface area contributed by atoms with Crippen LogP contribution in [0.4, 0.5) is 0 Å². The van der Waals surface area contributed by atoms with Gasteiger partial charge in [0.25, 0.3) is 0 Å². The third-order valence-electron chi connectivity index (χ3n) is 3.28. The fourth-order valence-electron chi connectivity index (χ4n) is 2.16. The lowest BCUT2D eigenvalue weighted by molar-refractivity contribution is 0.510. The van der Waals surface area contributed by atoms with Gasteiger partial charge in [0.1, 0.15) is 5.76 Å². The second kappa shape index (κ2) is 8.49. The summed E-state index contributed by atoms with van der Waals surface area (Å²) in [5, 5.41) is 7.39. The first-order valence-electron chi connectivity index (χ1n) is 7.52. The summed E-state index contributed by atoms with van der Waals surface area (Å²) in [6.45, 7) is 5.59. The van der Waals surface area contributed by atoms with Crippen molar-refractivity contribution < 1.29 is 4.42 Å². The van der Waals surface area contributed by atoms with Crippen molar-refractivity contribution in [3.05, 3.63) is 59.0 Å². The first-order chi connectivity index (χ1) is 10.7. The summed E-state index contributed by atoms with van der Waals surface area (Å²) in [6, 6.07) is 11.8. The van der Waals surface area contributed by atoms with E-state index in [2.05, 4.69) is 22.5 Å². The molecule has 1 unspecified atom stereocenters. The fourth-order valence-corrected chi connectivity index (χ4v) is 2.46. The predicted octanol–water partition coefficient (Wildman–Crippen LogP) is 3.79. The predicted molar refractivity (Wildman–Crippen MR) is 91.4 cm³/mol. The van der Waals surface area contributed by atoms with Crippen molar-refractivity contribution in [1.82, 2.24) is 10.6 Å². The summed E-state index contributed by atoms with van der Waals surface area (Å²) in [4.78, 5) is 4.57. The number of rotatable bonds is 6. The van der Waals surface area contributed by atoms with Crippen LogP contribution in [0.15, 0.2) is 52.1 Å². The molecule has 0 fully saturated rings. The molecule has 4 nitrogen and oxygen atoms in total. The van der Waals surface area contributed by atoms with Crippen molar-refractivity contribution in [3.8, 4) is 0 Å². The van der Waals surface area contributed by atoms with Crippen LogP contribution in [0, 0.1) is 0 Å². The van der Waals surface area contributed by atoms with Crippen molar-refractivity contribution in [2.24, 2.45) is 4.99 Å². The molecule has 1 atom stereocenters. The van der Waals surface area contributed by atoms with Gasteiger partial charge in [-0.1, -0.05) is 29.8 Å². The first kappa shape index (κ1) is 16.4. The molecule has 0 saturated heterocycles. The van der Waals surface area contributed by atoms with E-state index < -0.39 is 0 Å². The first-order valence-corrected chi connectivity index (χ1v) is 7.90. The minimum absolute atomic E-state index is 0.0788. The van der Waals surface area contributed by atoms with Gasteiger partial charge in [-0.15, -0.1) is 0 Å². The van der Waals surface area contributed by atoms with E-state index in [9.17, 15) is 0 Å². The molecule has 22 heavy (non-hydrogen) atoms. The number of guanidine groups is 1. The normalized spacial score (nSPS) is 13.0. The van der Waals surface area contributed by atoms with Crippen LogP contribution in [-0.2, 0) is 6.42 Å². The molecule has 2 aromatic rings. The summed E-state index contributed by atoms with van der Waals surface area (Å²) in [5.74, 6) is 1.72. The number of hydrogen-bond acceptors (Lipinski definition) is 2. The van der Waals surface area contributed by atoms with Crippen LogP contribution in [0.5, 0.6) is 0 Å². The molecule has 1 aromatic heterocycles. The monoisotopic (exact) mass is 319 g/mol. The number of aliphatic imine (C=N–C) groups is 1. The molecule has 1 heterocycles. The third kappa shape index (κ3) is 4.81. The van der Waals surface area contributed by atoms with E-state index in [0.717, 1.165) is 35.3 Å². The molecule has 0 radical (unpaired) electrons. The number of benzene rings is 1. The standard InChI is InChI=1S/C17H22ClN3O/c1-3-19-17(20-11-10-14-7-6-12-22-14)21-13(2)15-8-4-5-9-16(15)18/h4-9,12-13H,3,10-11H2,1-2H3,(H2,19,20,21). The maximum absolute atomic E-state index is 6.24. The van der Waals surface area contributed by atoms with Gasteiger partial charge in [-0.05, 0) is 37.6 Å². The number of halogens is 1.